The molecule has 0 saturated heterocycles. The number of hydrogen-bond acceptors (Lipinski definition) is 1. The van der Waals surface area contributed by atoms with Gasteiger partial charge >= 0.3 is 0 Å². The molecule has 0 bridgehead atoms. The van der Waals surface area contributed by atoms with Gasteiger partial charge < -0.3 is 4.57 Å². The van der Waals surface area contributed by atoms with Crippen molar-refractivity contribution in [2.75, 3.05) is 0 Å². The Morgan fingerprint density at radius 3 is 2.43 bits per heavy atom. The molecule has 1 fully saturated rings. The van der Waals surface area contributed by atoms with Gasteiger partial charge in [0.05, 0.1) is 5.38 Å². The zero-order valence-corrected chi connectivity index (χ0v) is 14.7. The fourth-order valence-electron chi connectivity index (χ4n) is 3.99. The van der Waals surface area contributed by atoms with E-state index in [9.17, 15) is 4.79 Å². The monoisotopic (exact) mass is 309 g/mol. The van der Waals surface area contributed by atoms with Gasteiger partial charge in [-0.05, 0) is 51.5 Å². The number of rotatable bonds is 4. The lowest BCUT2D eigenvalue weighted by molar-refractivity contribution is 0.0990. The maximum absolute atomic E-state index is 12.3. The Morgan fingerprint density at radius 2 is 1.86 bits per heavy atom. The normalized spacial score (nSPS) is 24.3. The second-order valence-corrected chi connectivity index (χ2v) is 7.55. The van der Waals surface area contributed by atoms with Crippen LogP contribution in [0.15, 0.2) is 6.07 Å². The lowest BCUT2D eigenvalue weighted by Gasteiger charge is -2.37. The van der Waals surface area contributed by atoms with Crippen LogP contribution in [-0.4, -0.2) is 15.7 Å². The lowest BCUT2D eigenvalue weighted by atomic mass is 9.77. The summed E-state index contributed by atoms with van der Waals surface area (Å²) in [6, 6.07) is 2.56. The Balaban J connectivity index is 2.41. The first-order valence-electron chi connectivity index (χ1n) is 8.21. The van der Waals surface area contributed by atoms with Gasteiger partial charge in [-0.3, -0.25) is 4.79 Å². The van der Waals surface area contributed by atoms with Crippen LogP contribution in [0.4, 0.5) is 0 Å². The van der Waals surface area contributed by atoms with E-state index in [2.05, 4.69) is 32.3 Å². The van der Waals surface area contributed by atoms with E-state index in [0.717, 1.165) is 11.3 Å². The van der Waals surface area contributed by atoms with Gasteiger partial charge in [-0.2, -0.15) is 0 Å². The Bertz CT molecular complexity index is 516. The molecule has 1 aromatic rings. The quantitative estimate of drug-likeness (QED) is 0.546. The number of alkyl halides is 1. The average molecular weight is 310 g/mol. The minimum Gasteiger partial charge on any atom is -0.345 e. The summed E-state index contributed by atoms with van der Waals surface area (Å²) in [4.78, 5) is 12.3. The van der Waals surface area contributed by atoms with E-state index < -0.39 is 5.38 Å². The number of halogens is 1. The van der Waals surface area contributed by atoms with Crippen molar-refractivity contribution >= 4 is 17.4 Å². The Kier molecular flexibility index (Phi) is 5.19. The van der Waals surface area contributed by atoms with E-state index >= 15 is 0 Å². The third-order valence-electron chi connectivity index (χ3n) is 5.08. The molecule has 1 aliphatic carbocycles. The van der Waals surface area contributed by atoms with Crippen LogP contribution in [0.25, 0.3) is 0 Å². The molecule has 1 saturated carbocycles. The van der Waals surface area contributed by atoms with Crippen molar-refractivity contribution in [3.05, 3.63) is 23.0 Å². The molecule has 118 valence electrons. The van der Waals surface area contributed by atoms with E-state index in [-0.39, 0.29) is 5.78 Å². The summed E-state index contributed by atoms with van der Waals surface area (Å²) in [5.41, 5.74) is 3.11. The van der Waals surface area contributed by atoms with E-state index in [1.54, 1.807) is 6.92 Å². The molecule has 3 atom stereocenters. The summed E-state index contributed by atoms with van der Waals surface area (Å²) < 4.78 is 2.41. The number of Topliss-reactive ketones (excluding diaryl/α,β-unsaturated/α-hetero) is 1. The van der Waals surface area contributed by atoms with Crippen LogP contribution < -0.4 is 0 Å². The van der Waals surface area contributed by atoms with E-state index in [1.807, 2.05) is 6.07 Å². The SMILES string of the molecule is Cc1cc(C(=O)C(C)Cl)c(C)n1C1CCCCC1C(C)C. The van der Waals surface area contributed by atoms with Crippen LogP contribution in [-0.2, 0) is 0 Å². The predicted octanol–water partition coefficient (Wildman–Crippen LogP) is 5.30. The maximum Gasteiger partial charge on any atom is 0.182 e. The summed E-state index contributed by atoms with van der Waals surface area (Å²) in [6.45, 7) is 10.6. The van der Waals surface area contributed by atoms with Crippen LogP contribution in [0.5, 0.6) is 0 Å². The van der Waals surface area contributed by atoms with Crippen LogP contribution in [0, 0.1) is 25.7 Å². The van der Waals surface area contributed by atoms with Gasteiger partial charge in [-0.25, -0.2) is 0 Å². The molecule has 2 rings (SSSR count). The number of hydrogen-bond donors (Lipinski definition) is 0. The molecule has 0 amide bonds. The molecule has 3 heteroatoms. The van der Waals surface area contributed by atoms with Gasteiger partial charge in [0.15, 0.2) is 5.78 Å². The van der Waals surface area contributed by atoms with Crippen molar-refractivity contribution in [3.63, 3.8) is 0 Å². The first-order valence-corrected chi connectivity index (χ1v) is 8.65. The summed E-state index contributed by atoms with van der Waals surface area (Å²) >= 11 is 6.00. The molecular weight excluding hydrogens is 282 g/mol. The van der Waals surface area contributed by atoms with Crippen LogP contribution >= 0.6 is 11.6 Å². The van der Waals surface area contributed by atoms with E-state index in [1.165, 1.54) is 31.4 Å². The molecule has 3 unspecified atom stereocenters. The van der Waals surface area contributed by atoms with E-state index in [0.29, 0.717) is 17.9 Å². The van der Waals surface area contributed by atoms with Crippen molar-refractivity contribution in [1.29, 1.82) is 0 Å². The van der Waals surface area contributed by atoms with Crippen molar-refractivity contribution in [2.45, 2.75) is 71.7 Å². The summed E-state index contributed by atoms with van der Waals surface area (Å²) in [7, 11) is 0. The molecule has 1 heterocycles. The fraction of sp³-hybridized carbons (Fsp3) is 0.722. The van der Waals surface area contributed by atoms with Gasteiger partial charge in [0, 0.05) is 23.0 Å². The highest BCUT2D eigenvalue weighted by atomic mass is 35.5. The third kappa shape index (κ3) is 3.21. The number of ketones is 1. The highest BCUT2D eigenvalue weighted by Gasteiger charge is 2.31. The number of aromatic nitrogens is 1. The predicted molar refractivity (Wildman–Crippen MR) is 89.4 cm³/mol. The van der Waals surface area contributed by atoms with Gasteiger partial charge in [0.25, 0.3) is 0 Å². The van der Waals surface area contributed by atoms with Gasteiger partial charge in [0.2, 0.25) is 0 Å². The van der Waals surface area contributed by atoms with Gasteiger partial charge in [-0.1, -0.05) is 26.7 Å². The van der Waals surface area contributed by atoms with Gasteiger partial charge in [-0.15, -0.1) is 11.6 Å². The molecule has 0 aromatic carbocycles. The minimum atomic E-state index is -0.453. The first-order chi connectivity index (χ1) is 9.84. The lowest BCUT2D eigenvalue weighted by Crippen LogP contribution is -2.28. The topological polar surface area (TPSA) is 22.0 Å². The Hall–Kier alpha value is -0.760. The summed E-state index contributed by atoms with van der Waals surface area (Å²) in [5.74, 6) is 1.44. The molecule has 2 nitrogen and oxygen atoms in total. The van der Waals surface area contributed by atoms with Gasteiger partial charge in [0.1, 0.15) is 0 Å². The fourth-order valence-corrected chi connectivity index (χ4v) is 4.11. The first kappa shape index (κ1) is 16.6. The second-order valence-electron chi connectivity index (χ2n) is 6.89. The van der Waals surface area contributed by atoms with Crippen molar-refractivity contribution in [2.24, 2.45) is 11.8 Å². The number of nitrogens with zero attached hydrogens (tertiary/aromatic N) is 1. The van der Waals surface area contributed by atoms with Crippen LogP contribution in [0.3, 0.4) is 0 Å². The van der Waals surface area contributed by atoms with E-state index in [4.69, 9.17) is 11.6 Å². The molecular formula is C18H28ClNO. The summed E-state index contributed by atoms with van der Waals surface area (Å²) in [6.07, 6.45) is 5.15. The molecule has 1 aromatic heterocycles. The third-order valence-corrected chi connectivity index (χ3v) is 5.28. The second kappa shape index (κ2) is 6.56. The van der Waals surface area contributed by atoms with Crippen LogP contribution in [0.1, 0.15) is 74.2 Å². The average Bonchev–Trinajstić information content (AvgIpc) is 2.72. The maximum atomic E-state index is 12.3. The van der Waals surface area contributed by atoms with Crippen molar-refractivity contribution in [3.8, 4) is 0 Å². The molecule has 0 aliphatic heterocycles. The Labute approximate surface area is 133 Å². The van der Waals surface area contributed by atoms with Crippen LogP contribution in [0.2, 0.25) is 0 Å². The van der Waals surface area contributed by atoms with Crippen molar-refractivity contribution in [1.82, 2.24) is 4.57 Å². The number of carbonyl (C=O) groups is 1. The summed E-state index contributed by atoms with van der Waals surface area (Å²) in [5, 5.41) is -0.453. The number of aryl methyl sites for hydroxylation is 1. The Morgan fingerprint density at radius 1 is 1.24 bits per heavy atom. The minimum absolute atomic E-state index is 0.0490. The zero-order valence-electron chi connectivity index (χ0n) is 13.9. The highest BCUT2D eigenvalue weighted by Crippen LogP contribution is 2.40. The molecule has 1 aliphatic rings. The standard InChI is InChI=1S/C18H28ClNO/c1-11(2)15-8-6-7-9-17(15)20-12(3)10-16(14(20)5)18(21)13(4)19/h10-11,13,15,17H,6-9H2,1-5H3. The van der Waals surface area contributed by atoms with Crippen molar-refractivity contribution < 1.29 is 4.79 Å². The molecule has 0 N–H and O–H groups in total. The molecule has 21 heavy (non-hydrogen) atoms. The highest BCUT2D eigenvalue weighted by molar-refractivity contribution is 6.33. The zero-order chi connectivity index (χ0) is 15.7. The number of carbonyl (C=O) groups excluding carboxylic acids is 1. The molecule has 0 radical (unpaired) electrons. The smallest absolute Gasteiger partial charge is 0.182 e. The molecule has 0 spiro atoms. The largest absolute Gasteiger partial charge is 0.345 e.